The molecule has 0 saturated heterocycles. The van der Waals surface area contributed by atoms with E-state index < -0.39 is 0 Å². The molecule has 1 rings (SSSR count). The molecular formula is C13H26N2O3. The van der Waals surface area contributed by atoms with Gasteiger partial charge in [0.25, 0.3) is 0 Å². The van der Waals surface area contributed by atoms with Gasteiger partial charge in [-0.25, -0.2) is 0 Å². The van der Waals surface area contributed by atoms with Gasteiger partial charge in [0.05, 0.1) is 13.2 Å². The van der Waals surface area contributed by atoms with Crippen molar-refractivity contribution in [3.05, 3.63) is 0 Å². The first-order valence-electron chi connectivity index (χ1n) is 6.84. The van der Waals surface area contributed by atoms with Crippen LogP contribution in [0.3, 0.4) is 0 Å². The number of carbonyl (C=O) groups excluding carboxylic acids is 1. The van der Waals surface area contributed by atoms with E-state index in [4.69, 9.17) is 15.2 Å². The Balaban J connectivity index is 2.22. The predicted molar refractivity (Wildman–Crippen MR) is 70.3 cm³/mol. The summed E-state index contributed by atoms with van der Waals surface area (Å²) >= 11 is 0. The lowest BCUT2D eigenvalue weighted by atomic mass is 9.84. The Kier molecular flexibility index (Phi) is 7.96. The van der Waals surface area contributed by atoms with E-state index in [2.05, 4.69) is 5.32 Å². The molecule has 1 fully saturated rings. The maximum atomic E-state index is 11.7. The third kappa shape index (κ3) is 5.80. The maximum absolute atomic E-state index is 11.7. The van der Waals surface area contributed by atoms with Crippen LogP contribution in [0.15, 0.2) is 0 Å². The zero-order valence-electron chi connectivity index (χ0n) is 11.3. The summed E-state index contributed by atoms with van der Waals surface area (Å²) in [6.45, 7) is 1.55. The highest BCUT2D eigenvalue weighted by molar-refractivity contribution is 5.77. The van der Waals surface area contributed by atoms with Crippen LogP contribution >= 0.6 is 0 Å². The van der Waals surface area contributed by atoms with Crippen LogP contribution in [-0.2, 0) is 14.3 Å². The number of nitrogens with two attached hydrogens (primary N) is 1. The SMILES string of the molecule is COCCOCC(=O)NC(CN)C1CCCCC1. The monoisotopic (exact) mass is 258 g/mol. The highest BCUT2D eigenvalue weighted by Gasteiger charge is 2.23. The van der Waals surface area contributed by atoms with Gasteiger partial charge < -0.3 is 20.5 Å². The molecule has 5 nitrogen and oxygen atoms in total. The normalized spacial score (nSPS) is 18.6. The van der Waals surface area contributed by atoms with Crippen LogP contribution in [0.5, 0.6) is 0 Å². The van der Waals surface area contributed by atoms with Crippen molar-refractivity contribution in [2.24, 2.45) is 11.7 Å². The van der Waals surface area contributed by atoms with Crippen molar-refractivity contribution in [2.75, 3.05) is 33.5 Å². The molecule has 0 bridgehead atoms. The average molecular weight is 258 g/mol. The molecule has 1 aliphatic carbocycles. The number of amides is 1. The van der Waals surface area contributed by atoms with Gasteiger partial charge in [-0.05, 0) is 18.8 Å². The molecule has 1 amide bonds. The first-order chi connectivity index (χ1) is 8.77. The number of rotatable bonds is 8. The summed E-state index contributed by atoms with van der Waals surface area (Å²) in [7, 11) is 1.61. The van der Waals surface area contributed by atoms with Gasteiger partial charge in [-0.15, -0.1) is 0 Å². The fraction of sp³-hybridized carbons (Fsp3) is 0.923. The van der Waals surface area contributed by atoms with E-state index in [-0.39, 0.29) is 18.6 Å². The van der Waals surface area contributed by atoms with E-state index in [0.717, 1.165) is 0 Å². The van der Waals surface area contributed by atoms with E-state index in [1.807, 2.05) is 0 Å². The smallest absolute Gasteiger partial charge is 0.246 e. The van der Waals surface area contributed by atoms with E-state index >= 15 is 0 Å². The second kappa shape index (κ2) is 9.30. The molecule has 18 heavy (non-hydrogen) atoms. The van der Waals surface area contributed by atoms with Gasteiger partial charge in [-0.3, -0.25) is 4.79 Å². The van der Waals surface area contributed by atoms with Crippen LogP contribution in [0.2, 0.25) is 0 Å². The molecule has 0 radical (unpaired) electrons. The topological polar surface area (TPSA) is 73.6 Å². The molecule has 106 valence electrons. The summed E-state index contributed by atoms with van der Waals surface area (Å²) in [5.74, 6) is 0.457. The Morgan fingerprint density at radius 1 is 1.33 bits per heavy atom. The molecule has 1 aliphatic rings. The number of hydrogen-bond acceptors (Lipinski definition) is 4. The van der Waals surface area contributed by atoms with Crippen LogP contribution in [0, 0.1) is 5.92 Å². The van der Waals surface area contributed by atoms with E-state index in [1.54, 1.807) is 7.11 Å². The van der Waals surface area contributed by atoms with Crippen LogP contribution in [0.1, 0.15) is 32.1 Å². The summed E-state index contributed by atoms with van der Waals surface area (Å²) in [5, 5.41) is 2.98. The molecule has 3 N–H and O–H groups in total. The second-order valence-corrected chi connectivity index (χ2v) is 4.85. The summed E-state index contributed by atoms with van der Waals surface area (Å²) < 4.78 is 10.0. The Hall–Kier alpha value is -0.650. The zero-order chi connectivity index (χ0) is 13.2. The van der Waals surface area contributed by atoms with Gasteiger partial charge >= 0.3 is 0 Å². The number of nitrogens with one attached hydrogen (secondary N) is 1. The molecule has 1 saturated carbocycles. The van der Waals surface area contributed by atoms with Crippen molar-refractivity contribution in [3.63, 3.8) is 0 Å². The average Bonchev–Trinajstić information content (AvgIpc) is 2.42. The second-order valence-electron chi connectivity index (χ2n) is 4.85. The number of ether oxygens (including phenoxy) is 2. The Labute approximate surface area is 109 Å². The predicted octanol–water partition coefficient (Wildman–Crippen LogP) is 0.673. The van der Waals surface area contributed by atoms with Crippen LogP contribution in [0.25, 0.3) is 0 Å². The third-order valence-corrected chi connectivity index (χ3v) is 3.48. The number of carbonyl (C=O) groups is 1. The highest BCUT2D eigenvalue weighted by atomic mass is 16.5. The summed E-state index contributed by atoms with van der Waals surface area (Å²) in [6.07, 6.45) is 6.16. The standard InChI is InChI=1S/C13H26N2O3/c1-17-7-8-18-10-13(16)15-12(9-14)11-5-3-2-4-6-11/h11-12H,2-10,14H2,1H3,(H,15,16). The molecule has 0 aromatic carbocycles. The molecule has 5 heteroatoms. The van der Waals surface area contributed by atoms with Gasteiger partial charge in [0.1, 0.15) is 6.61 Å². The van der Waals surface area contributed by atoms with Crippen molar-refractivity contribution in [1.82, 2.24) is 5.32 Å². The number of methoxy groups -OCH3 is 1. The Bertz CT molecular complexity index is 230. The quantitative estimate of drug-likeness (QED) is 0.628. The van der Waals surface area contributed by atoms with Crippen molar-refractivity contribution in [2.45, 2.75) is 38.1 Å². The molecular weight excluding hydrogens is 232 g/mol. The van der Waals surface area contributed by atoms with Gasteiger partial charge in [0, 0.05) is 19.7 Å². The highest BCUT2D eigenvalue weighted by Crippen LogP contribution is 2.26. The molecule has 0 heterocycles. The first-order valence-corrected chi connectivity index (χ1v) is 6.84. The largest absolute Gasteiger partial charge is 0.382 e. The molecule has 0 aromatic heterocycles. The van der Waals surface area contributed by atoms with Crippen molar-refractivity contribution in [1.29, 1.82) is 0 Å². The lowest BCUT2D eigenvalue weighted by Gasteiger charge is -2.30. The van der Waals surface area contributed by atoms with Crippen LogP contribution < -0.4 is 11.1 Å². The fourth-order valence-electron chi connectivity index (χ4n) is 2.46. The van der Waals surface area contributed by atoms with Crippen molar-refractivity contribution < 1.29 is 14.3 Å². The zero-order valence-corrected chi connectivity index (χ0v) is 11.3. The first kappa shape index (κ1) is 15.4. The molecule has 0 aliphatic heterocycles. The maximum Gasteiger partial charge on any atom is 0.246 e. The van der Waals surface area contributed by atoms with E-state index in [0.29, 0.717) is 25.7 Å². The van der Waals surface area contributed by atoms with Crippen LogP contribution in [0.4, 0.5) is 0 Å². The number of hydrogen-bond donors (Lipinski definition) is 2. The van der Waals surface area contributed by atoms with Crippen molar-refractivity contribution >= 4 is 5.91 Å². The summed E-state index contributed by atoms with van der Waals surface area (Å²) in [4.78, 5) is 11.7. The third-order valence-electron chi connectivity index (χ3n) is 3.48. The Morgan fingerprint density at radius 3 is 2.67 bits per heavy atom. The van der Waals surface area contributed by atoms with E-state index in [1.165, 1.54) is 32.1 Å². The minimum Gasteiger partial charge on any atom is -0.382 e. The van der Waals surface area contributed by atoms with Gasteiger partial charge in [-0.2, -0.15) is 0 Å². The molecule has 1 atom stereocenters. The lowest BCUT2D eigenvalue weighted by Crippen LogP contribution is -2.47. The van der Waals surface area contributed by atoms with Gasteiger partial charge in [-0.1, -0.05) is 19.3 Å². The van der Waals surface area contributed by atoms with Crippen LogP contribution in [-0.4, -0.2) is 45.4 Å². The lowest BCUT2D eigenvalue weighted by molar-refractivity contribution is -0.127. The molecule has 1 unspecified atom stereocenters. The minimum absolute atomic E-state index is 0.0767. The molecule has 0 aromatic rings. The summed E-state index contributed by atoms with van der Waals surface area (Å²) in [5.41, 5.74) is 5.75. The van der Waals surface area contributed by atoms with E-state index in [9.17, 15) is 4.79 Å². The Morgan fingerprint density at radius 2 is 2.06 bits per heavy atom. The summed E-state index contributed by atoms with van der Waals surface area (Å²) in [6, 6.07) is 0.101. The molecule has 0 spiro atoms. The van der Waals surface area contributed by atoms with Crippen molar-refractivity contribution in [3.8, 4) is 0 Å². The fourth-order valence-corrected chi connectivity index (χ4v) is 2.46. The van der Waals surface area contributed by atoms with Gasteiger partial charge in [0.2, 0.25) is 5.91 Å². The minimum atomic E-state index is -0.0767. The van der Waals surface area contributed by atoms with Gasteiger partial charge in [0.15, 0.2) is 0 Å².